The smallest absolute Gasteiger partial charge is 0.196 e. The summed E-state index contributed by atoms with van der Waals surface area (Å²) in [6, 6.07) is 12.3. The summed E-state index contributed by atoms with van der Waals surface area (Å²) in [5.41, 5.74) is 1.59. The maximum Gasteiger partial charge on any atom is 0.196 e. The molecule has 0 aliphatic heterocycles. The fourth-order valence-corrected chi connectivity index (χ4v) is 2.61. The minimum Gasteiger partial charge on any atom is -0.497 e. The first-order valence-electron chi connectivity index (χ1n) is 6.95. The molecule has 0 unspecified atom stereocenters. The van der Waals surface area contributed by atoms with Gasteiger partial charge < -0.3 is 9.47 Å². The lowest BCUT2D eigenvalue weighted by Crippen LogP contribution is -2.03. The highest BCUT2D eigenvalue weighted by Crippen LogP contribution is 2.30. The molecule has 23 heavy (non-hydrogen) atoms. The number of nitrogens with zero attached hydrogens (tertiary/aromatic N) is 1. The van der Waals surface area contributed by atoms with Crippen molar-refractivity contribution >= 4 is 28.3 Å². The molecule has 0 saturated carbocycles. The van der Waals surface area contributed by atoms with Crippen molar-refractivity contribution in [2.24, 2.45) is 0 Å². The third-order valence-corrected chi connectivity index (χ3v) is 4.01. The molecule has 2 aromatic carbocycles. The van der Waals surface area contributed by atoms with Gasteiger partial charge in [-0.2, -0.15) is 0 Å². The van der Waals surface area contributed by atoms with Gasteiger partial charge in [-0.05, 0) is 42.5 Å². The zero-order chi connectivity index (χ0) is 16.4. The van der Waals surface area contributed by atoms with Crippen LogP contribution in [0.2, 0.25) is 5.02 Å². The molecule has 3 rings (SSSR count). The van der Waals surface area contributed by atoms with Crippen LogP contribution in [-0.2, 0) is 0 Å². The number of benzene rings is 2. The number of methoxy groups -OCH3 is 2. The predicted molar refractivity (Wildman–Crippen MR) is 89.7 cm³/mol. The molecule has 0 saturated heterocycles. The molecule has 0 aliphatic rings. The molecule has 0 bridgehead atoms. The van der Waals surface area contributed by atoms with E-state index in [1.807, 2.05) is 6.07 Å². The lowest BCUT2D eigenvalue weighted by Gasteiger charge is -2.08. The van der Waals surface area contributed by atoms with Crippen LogP contribution in [0.5, 0.6) is 11.5 Å². The normalized spacial score (nSPS) is 10.6. The van der Waals surface area contributed by atoms with E-state index in [4.69, 9.17) is 21.1 Å². The topological polar surface area (TPSA) is 48.4 Å². The van der Waals surface area contributed by atoms with Gasteiger partial charge in [0.15, 0.2) is 5.78 Å². The van der Waals surface area contributed by atoms with Crippen LogP contribution in [0, 0.1) is 0 Å². The van der Waals surface area contributed by atoms with Crippen molar-refractivity contribution in [1.29, 1.82) is 0 Å². The lowest BCUT2D eigenvalue weighted by atomic mass is 10.0. The van der Waals surface area contributed by atoms with Crippen LogP contribution in [0.3, 0.4) is 0 Å². The summed E-state index contributed by atoms with van der Waals surface area (Å²) in [5, 5.41) is 1.06. The molecule has 0 atom stereocenters. The minimum absolute atomic E-state index is 0.185. The van der Waals surface area contributed by atoms with Gasteiger partial charge in [-0.1, -0.05) is 11.6 Å². The summed E-state index contributed by atoms with van der Waals surface area (Å²) in [6.07, 6.45) is 1.50. The van der Waals surface area contributed by atoms with Gasteiger partial charge in [0, 0.05) is 17.1 Å². The monoisotopic (exact) mass is 327 g/mol. The van der Waals surface area contributed by atoms with Crippen molar-refractivity contribution < 1.29 is 14.3 Å². The van der Waals surface area contributed by atoms with E-state index in [1.54, 1.807) is 50.6 Å². The first-order chi connectivity index (χ1) is 11.1. The number of pyridine rings is 1. The largest absolute Gasteiger partial charge is 0.497 e. The van der Waals surface area contributed by atoms with Crippen LogP contribution in [0.4, 0.5) is 0 Å². The van der Waals surface area contributed by atoms with E-state index in [1.165, 1.54) is 6.20 Å². The maximum atomic E-state index is 12.7. The average molecular weight is 328 g/mol. The second kappa shape index (κ2) is 6.26. The van der Waals surface area contributed by atoms with Gasteiger partial charge in [0.2, 0.25) is 0 Å². The molecule has 0 fully saturated rings. The average Bonchev–Trinajstić information content (AvgIpc) is 2.61. The van der Waals surface area contributed by atoms with Crippen molar-refractivity contribution in [3.63, 3.8) is 0 Å². The van der Waals surface area contributed by atoms with Crippen molar-refractivity contribution in [1.82, 2.24) is 4.98 Å². The number of halogens is 1. The minimum atomic E-state index is -0.185. The van der Waals surface area contributed by atoms with Crippen LogP contribution in [0.1, 0.15) is 15.9 Å². The summed E-state index contributed by atoms with van der Waals surface area (Å²) in [4.78, 5) is 17.0. The Kier molecular flexibility index (Phi) is 4.17. The van der Waals surface area contributed by atoms with Crippen LogP contribution in [0.15, 0.2) is 48.7 Å². The standard InChI is InChI=1S/C18H14ClNO3/c1-22-12-5-3-11(4-6-12)18(21)15-10-20-16-8-7-13(23-2)9-14(16)17(15)19/h3-10H,1-2H3. The van der Waals surface area contributed by atoms with E-state index < -0.39 is 0 Å². The van der Waals surface area contributed by atoms with Gasteiger partial charge in [-0.25, -0.2) is 0 Å². The SMILES string of the molecule is COc1ccc(C(=O)c2cnc3ccc(OC)cc3c2Cl)cc1. The number of ketones is 1. The van der Waals surface area contributed by atoms with Gasteiger partial charge in [0.05, 0.1) is 30.3 Å². The van der Waals surface area contributed by atoms with Crippen LogP contribution in [0.25, 0.3) is 10.9 Å². The second-order valence-corrected chi connectivity index (χ2v) is 5.30. The zero-order valence-corrected chi connectivity index (χ0v) is 13.4. The van der Waals surface area contributed by atoms with E-state index in [0.717, 1.165) is 0 Å². The van der Waals surface area contributed by atoms with Gasteiger partial charge in [-0.3, -0.25) is 9.78 Å². The summed E-state index contributed by atoms with van der Waals surface area (Å²) in [5.74, 6) is 1.17. The van der Waals surface area contributed by atoms with Gasteiger partial charge >= 0.3 is 0 Å². The molecule has 0 spiro atoms. The maximum absolute atomic E-state index is 12.7. The summed E-state index contributed by atoms with van der Waals surface area (Å²) in [6.45, 7) is 0. The van der Waals surface area contributed by atoms with Crippen LogP contribution < -0.4 is 9.47 Å². The van der Waals surface area contributed by atoms with E-state index in [9.17, 15) is 4.79 Å². The first-order valence-corrected chi connectivity index (χ1v) is 7.33. The van der Waals surface area contributed by atoms with Crippen LogP contribution in [-0.4, -0.2) is 25.0 Å². The highest BCUT2D eigenvalue weighted by atomic mass is 35.5. The van der Waals surface area contributed by atoms with Gasteiger partial charge in [0.25, 0.3) is 0 Å². The molecule has 5 heteroatoms. The molecule has 0 amide bonds. The Labute approximate surface area is 138 Å². The number of rotatable bonds is 4. The number of aromatic nitrogens is 1. The Hall–Kier alpha value is -2.59. The molecule has 4 nitrogen and oxygen atoms in total. The summed E-state index contributed by atoms with van der Waals surface area (Å²) < 4.78 is 10.3. The Morgan fingerprint density at radius 1 is 1.00 bits per heavy atom. The molecular formula is C18H14ClNO3. The molecular weight excluding hydrogens is 314 g/mol. The van der Waals surface area contributed by atoms with E-state index >= 15 is 0 Å². The summed E-state index contributed by atoms with van der Waals surface area (Å²) >= 11 is 6.43. The molecule has 0 radical (unpaired) electrons. The second-order valence-electron chi connectivity index (χ2n) is 4.93. The Bertz CT molecular complexity index is 875. The van der Waals surface area contributed by atoms with E-state index in [0.29, 0.717) is 38.6 Å². The Balaban J connectivity index is 2.07. The number of fused-ring (bicyclic) bond motifs is 1. The van der Waals surface area contributed by atoms with Crippen molar-refractivity contribution in [3.8, 4) is 11.5 Å². The molecule has 0 N–H and O–H groups in total. The van der Waals surface area contributed by atoms with E-state index in [-0.39, 0.29) is 5.78 Å². The quantitative estimate of drug-likeness (QED) is 0.676. The molecule has 1 heterocycles. The lowest BCUT2D eigenvalue weighted by molar-refractivity contribution is 0.103. The molecule has 0 aliphatic carbocycles. The molecule has 1 aromatic heterocycles. The van der Waals surface area contributed by atoms with Crippen molar-refractivity contribution in [2.45, 2.75) is 0 Å². The van der Waals surface area contributed by atoms with Gasteiger partial charge in [-0.15, -0.1) is 0 Å². The van der Waals surface area contributed by atoms with Crippen molar-refractivity contribution in [2.75, 3.05) is 14.2 Å². The fraction of sp³-hybridized carbons (Fsp3) is 0.111. The van der Waals surface area contributed by atoms with Gasteiger partial charge in [0.1, 0.15) is 11.5 Å². The Morgan fingerprint density at radius 3 is 2.30 bits per heavy atom. The number of hydrogen-bond donors (Lipinski definition) is 0. The number of carbonyl (C=O) groups is 1. The number of ether oxygens (including phenoxy) is 2. The molecule has 3 aromatic rings. The third-order valence-electron chi connectivity index (χ3n) is 3.61. The third kappa shape index (κ3) is 2.85. The summed E-state index contributed by atoms with van der Waals surface area (Å²) in [7, 11) is 3.16. The zero-order valence-electron chi connectivity index (χ0n) is 12.7. The predicted octanol–water partition coefficient (Wildman–Crippen LogP) is 4.14. The van der Waals surface area contributed by atoms with E-state index in [2.05, 4.69) is 4.98 Å². The number of hydrogen-bond acceptors (Lipinski definition) is 4. The Morgan fingerprint density at radius 2 is 1.65 bits per heavy atom. The highest BCUT2D eigenvalue weighted by Gasteiger charge is 2.16. The number of carbonyl (C=O) groups excluding carboxylic acids is 1. The fourth-order valence-electron chi connectivity index (χ4n) is 2.32. The van der Waals surface area contributed by atoms with Crippen molar-refractivity contribution in [3.05, 3.63) is 64.8 Å². The highest BCUT2D eigenvalue weighted by molar-refractivity contribution is 6.39. The molecule has 116 valence electrons. The first kappa shape index (κ1) is 15.3. The van der Waals surface area contributed by atoms with Crippen LogP contribution >= 0.6 is 11.6 Å².